The first kappa shape index (κ1) is 22.7. The van der Waals surface area contributed by atoms with Gasteiger partial charge in [0.25, 0.3) is 0 Å². The lowest BCUT2D eigenvalue weighted by molar-refractivity contribution is 0.197. The molecule has 1 aliphatic rings. The summed E-state index contributed by atoms with van der Waals surface area (Å²) in [7, 11) is -3.33. The van der Waals surface area contributed by atoms with Crippen molar-refractivity contribution in [1.82, 2.24) is 19.5 Å². The van der Waals surface area contributed by atoms with Crippen LogP contribution in [-0.4, -0.2) is 45.8 Å². The van der Waals surface area contributed by atoms with Crippen molar-refractivity contribution in [2.24, 2.45) is 5.92 Å². The molecular weight excluding hydrogens is 426 g/mol. The number of sulfone groups is 1. The molecule has 0 amide bonds. The Morgan fingerprint density at radius 2 is 1.91 bits per heavy atom. The van der Waals surface area contributed by atoms with E-state index in [2.05, 4.69) is 33.3 Å². The molecule has 1 unspecified atom stereocenters. The highest BCUT2D eigenvalue weighted by atomic mass is 32.2. The SMILES string of the molecule is CCc1cc2nc3n(c2cc1S(C)(=O)=O)CCN(c1ncc(C(C)O)c(C)n1)[C@H]3C(C)C. The number of aryl methyl sites for hydroxylation is 2. The van der Waals surface area contributed by atoms with Crippen molar-refractivity contribution in [3.8, 4) is 0 Å². The van der Waals surface area contributed by atoms with Crippen molar-refractivity contribution in [3.05, 3.63) is 41.0 Å². The summed E-state index contributed by atoms with van der Waals surface area (Å²) in [6.45, 7) is 11.2. The maximum atomic E-state index is 12.4. The Labute approximate surface area is 189 Å². The summed E-state index contributed by atoms with van der Waals surface area (Å²) in [6.07, 6.45) is 2.97. The summed E-state index contributed by atoms with van der Waals surface area (Å²) < 4.78 is 26.9. The number of benzene rings is 1. The average molecular weight is 458 g/mol. The molecular formula is C23H31N5O3S. The summed E-state index contributed by atoms with van der Waals surface area (Å²) in [5.74, 6) is 1.75. The molecule has 2 atom stereocenters. The van der Waals surface area contributed by atoms with Gasteiger partial charge in [-0.2, -0.15) is 0 Å². The van der Waals surface area contributed by atoms with Crippen molar-refractivity contribution < 1.29 is 13.5 Å². The van der Waals surface area contributed by atoms with Crippen LogP contribution >= 0.6 is 0 Å². The normalized spacial score (nSPS) is 17.8. The third-order valence-electron chi connectivity index (χ3n) is 6.25. The van der Waals surface area contributed by atoms with E-state index in [-0.39, 0.29) is 12.0 Å². The van der Waals surface area contributed by atoms with Gasteiger partial charge in [-0.1, -0.05) is 20.8 Å². The summed E-state index contributed by atoms with van der Waals surface area (Å²) in [6, 6.07) is 3.64. The quantitative estimate of drug-likeness (QED) is 0.627. The fraction of sp³-hybridized carbons (Fsp3) is 0.522. The Morgan fingerprint density at radius 1 is 1.19 bits per heavy atom. The minimum atomic E-state index is -3.33. The van der Waals surface area contributed by atoms with E-state index in [9.17, 15) is 13.5 Å². The van der Waals surface area contributed by atoms with E-state index < -0.39 is 15.9 Å². The number of rotatable bonds is 5. The van der Waals surface area contributed by atoms with E-state index in [1.54, 1.807) is 19.2 Å². The summed E-state index contributed by atoms with van der Waals surface area (Å²) in [4.78, 5) is 16.8. The molecule has 0 aliphatic carbocycles. The van der Waals surface area contributed by atoms with Crippen molar-refractivity contribution >= 4 is 26.8 Å². The lowest BCUT2D eigenvalue weighted by Crippen LogP contribution is -2.42. The van der Waals surface area contributed by atoms with Gasteiger partial charge in [0.1, 0.15) is 5.82 Å². The predicted octanol–water partition coefficient (Wildman–Crippen LogP) is 3.37. The van der Waals surface area contributed by atoms with Crippen LogP contribution in [-0.2, 0) is 22.8 Å². The zero-order chi connectivity index (χ0) is 23.4. The predicted molar refractivity (Wildman–Crippen MR) is 125 cm³/mol. The Morgan fingerprint density at radius 3 is 2.47 bits per heavy atom. The first-order valence-corrected chi connectivity index (χ1v) is 12.9. The van der Waals surface area contributed by atoms with Crippen LogP contribution in [0.25, 0.3) is 11.0 Å². The van der Waals surface area contributed by atoms with Crippen LogP contribution in [0.4, 0.5) is 5.95 Å². The van der Waals surface area contributed by atoms with Crippen LogP contribution < -0.4 is 4.90 Å². The molecule has 0 radical (unpaired) electrons. The second-order valence-corrected chi connectivity index (χ2v) is 10.9. The molecule has 32 heavy (non-hydrogen) atoms. The van der Waals surface area contributed by atoms with E-state index in [1.165, 1.54) is 6.26 Å². The van der Waals surface area contributed by atoms with E-state index >= 15 is 0 Å². The van der Waals surface area contributed by atoms with E-state index in [0.29, 0.717) is 30.4 Å². The van der Waals surface area contributed by atoms with Gasteiger partial charge in [-0.3, -0.25) is 0 Å². The molecule has 1 N–H and O–H groups in total. The molecule has 1 aromatic carbocycles. The molecule has 2 aromatic heterocycles. The zero-order valence-electron chi connectivity index (χ0n) is 19.5. The summed E-state index contributed by atoms with van der Waals surface area (Å²) >= 11 is 0. The van der Waals surface area contributed by atoms with Crippen LogP contribution in [0.1, 0.15) is 62.5 Å². The Hall–Kier alpha value is -2.52. The smallest absolute Gasteiger partial charge is 0.226 e. The standard InChI is InChI=1S/C23H31N5O3S/c1-7-16-10-18-19(11-20(16)32(6,30)31)27-8-9-28(21(13(2)3)22(27)26-18)23-24-12-17(15(5)29)14(4)25-23/h10-13,15,21,29H,7-9H2,1-6H3/t15?,21-/m0/s1. The number of nitrogens with zero attached hydrogens (tertiary/aromatic N) is 5. The molecule has 0 saturated heterocycles. The highest BCUT2D eigenvalue weighted by Gasteiger charge is 2.35. The Bertz CT molecular complexity index is 1280. The van der Waals surface area contributed by atoms with Gasteiger partial charge in [-0.15, -0.1) is 0 Å². The monoisotopic (exact) mass is 457 g/mol. The minimum absolute atomic E-state index is 0.0558. The summed E-state index contributed by atoms with van der Waals surface area (Å²) in [5.41, 5.74) is 3.94. The van der Waals surface area contributed by atoms with Gasteiger partial charge in [-0.05, 0) is 43.9 Å². The zero-order valence-corrected chi connectivity index (χ0v) is 20.3. The Kier molecular flexibility index (Phi) is 5.75. The van der Waals surface area contributed by atoms with Gasteiger partial charge in [0, 0.05) is 36.8 Å². The summed E-state index contributed by atoms with van der Waals surface area (Å²) in [5, 5.41) is 9.93. The first-order chi connectivity index (χ1) is 15.0. The molecule has 1 aliphatic heterocycles. The van der Waals surface area contributed by atoms with Crippen LogP contribution in [0, 0.1) is 12.8 Å². The van der Waals surface area contributed by atoms with E-state index in [4.69, 9.17) is 4.98 Å². The number of aliphatic hydroxyl groups excluding tert-OH is 1. The van der Waals surface area contributed by atoms with E-state index in [1.807, 2.05) is 19.9 Å². The third kappa shape index (κ3) is 3.77. The van der Waals surface area contributed by atoms with Gasteiger partial charge < -0.3 is 14.6 Å². The maximum absolute atomic E-state index is 12.4. The van der Waals surface area contributed by atoms with Gasteiger partial charge in [-0.25, -0.2) is 23.4 Å². The van der Waals surface area contributed by atoms with Gasteiger partial charge in [0.2, 0.25) is 5.95 Å². The highest BCUT2D eigenvalue weighted by Crippen LogP contribution is 2.37. The molecule has 0 bridgehead atoms. The first-order valence-electron chi connectivity index (χ1n) is 11.0. The number of hydrogen-bond donors (Lipinski definition) is 1. The molecule has 172 valence electrons. The third-order valence-corrected chi connectivity index (χ3v) is 7.43. The number of imidazole rings is 1. The maximum Gasteiger partial charge on any atom is 0.226 e. The minimum Gasteiger partial charge on any atom is -0.389 e. The molecule has 0 saturated carbocycles. The molecule has 3 heterocycles. The van der Waals surface area contributed by atoms with Gasteiger partial charge in [0.05, 0.1) is 28.1 Å². The van der Waals surface area contributed by atoms with Gasteiger partial charge in [0.15, 0.2) is 9.84 Å². The fourth-order valence-corrected chi connectivity index (χ4v) is 5.68. The number of aliphatic hydroxyl groups is 1. The number of fused-ring (bicyclic) bond motifs is 3. The topological polar surface area (TPSA) is 101 Å². The second kappa shape index (κ2) is 8.12. The number of hydrogen-bond acceptors (Lipinski definition) is 7. The number of aromatic nitrogens is 4. The Balaban J connectivity index is 1.86. The van der Waals surface area contributed by atoms with E-state index in [0.717, 1.165) is 33.7 Å². The van der Waals surface area contributed by atoms with Crippen molar-refractivity contribution in [1.29, 1.82) is 0 Å². The molecule has 0 fully saturated rings. The molecule has 9 heteroatoms. The lowest BCUT2D eigenvalue weighted by Gasteiger charge is -2.38. The van der Waals surface area contributed by atoms with Crippen molar-refractivity contribution in [2.45, 2.75) is 64.6 Å². The molecule has 0 spiro atoms. The molecule has 3 aromatic rings. The van der Waals surface area contributed by atoms with Crippen LogP contribution in [0.3, 0.4) is 0 Å². The lowest BCUT2D eigenvalue weighted by atomic mass is 10.00. The highest BCUT2D eigenvalue weighted by molar-refractivity contribution is 7.90. The molecule has 8 nitrogen and oxygen atoms in total. The van der Waals surface area contributed by atoms with Crippen molar-refractivity contribution in [2.75, 3.05) is 17.7 Å². The van der Waals surface area contributed by atoms with Crippen LogP contribution in [0.15, 0.2) is 23.2 Å². The average Bonchev–Trinajstić information content (AvgIpc) is 3.08. The van der Waals surface area contributed by atoms with Crippen molar-refractivity contribution in [3.63, 3.8) is 0 Å². The second-order valence-electron chi connectivity index (χ2n) is 8.96. The van der Waals surface area contributed by atoms with Crippen LogP contribution in [0.2, 0.25) is 0 Å². The fourth-order valence-electron chi connectivity index (χ4n) is 4.68. The largest absolute Gasteiger partial charge is 0.389 e. The van der Waals surface area contributed by atoms with Crippen LogP contribution in [0.5, 0.6) is 0 Å². The number of anilines is 1. The van der Waals surface area contributed by atoms with Gasteiger partial charge >= 0.3 is 0 Å². The molecule has 4 rings (SSSR count).